The molecular weight excluding hydrogens is 586 g/mol. The van der Waals surface area contributed by atoms with Crippen molar-refractivity contribution in [3.05, 3.63) is 54.1 Å². The second-order valence-corrected chi connectivity index (χ2v) is 11.3. The number of hydrogen-bond acceptors (Lipinski definition) is 14. The molecule has 3 aromatic heterocycles. The number of nitrogen functional groups attached to an aromatic ring is 1. The van der Waals surface area contributed by atoms with Gasteiger partial charge in [-0.05, 0) is 43.4 Å². The van der Waals surface area contributed by atoms with Gasteiger partial charge in [0.1, 0.15) is 35.3 Å². The lowest BCUT2D eigenvalue weighted by Gasteiger charge is -2.16. The SMILES string of the molecule is Nc1nc(-n2cc(C3=CCCCC3)nn2)nc2c1ncn2[C@H]1O[C@@H](COS(=O)(=O)NC(=O)c2ccccc2O)[C@H](O)[C@@H]1O. The first-order chi connectivity index (χ1) is 20.6. The van der Waals surface area contributed by atoms with E-state index in [1.807, 2.05) is 0 Å². The van der Waals surface area contributed by atoms with E-state index in [4.69, 9.17) is 14.7 Å². The van der Waals surface area contributed by atoms with Crippen LogP contribution in [0.2, 0.25) is 0 Å². The van der Waals surface area contributed by atoms with Gasteiger partial charge in [-0.1, -0.05) is 23.4 Å². The van der Waals surface area contributed by atoms with Crippen LogP contribution in [-0.2, 0) is 19.2 Å². The normalized spacial score (nSPS) is 22.5. The largest absolute Gasteiger partial charge is 0.507 e. The van der Waals surface area contributed by atoms with Crippen LogP contribution in [0, 0.1) is 0 Å². The molecule has 226 valence electrons. The Morgan fingerprint density at radius 3 is 2.77 bits per heavy atom. The van der Waals surface area contributed by atoms with Crippen molar-refractivity contribution in [3.63, 3.8) is 0 Å². The fraction of sp³-hybridized carbons (Fsp3) is 0.360. The first-order valence-electron chi connectivity index (χ1n) is 13.2. The number of ether oxygens (including phenoxy) is 1. The Hall–Kier alpha value is -4.49. The third-order valence-corrected chi connectivity index (χ3v) is 8.00. The second-order valence-electron chi connectivity index (χ2n) is 9.99. The molecule has 43 heavy (non-hydrogen) atoms. The third kappa shape index (κ3) is 5.65. The molecule has 17 nitrogen and oxygen atoms in total. The summed E-state index contributed by atoms with van der Waals surface area (Å²) in [4.78, 5) is 25.2. The molecule has 4 atom stereocenters. The highest BCUT2D eigenvalue weighted by Crippen LogP contribution is 2.33. The highest BCUT2D eigenvalue weighted by atomic mass is 32.2. The summed E-state index contributed by atoms with van der Waals surface area (Å²) < 4.78 is 39.7. The van der Waals surface area contributed by atoms with Crippen LogP contribution in [-0.4, -0.2) is 89.1 Å². The number of carbonyl (C=O) groups excluding carboxylic acids is 1. The number of fused-ring (bicyclic) bond motifs is 1. The van der Waals surface area contributed by atoms with Gasteiger partial charge in [-0.25, -0.2) is 9.71 Å². The van der Waals surface area contributed by atoms with Gasteiger partial charge < -0.3 is 25.8 Å². The number of rotatable bonds is 8. The van der Waals surface area contributed by atoms with Gasteiger partial charge in [-0.15, -0.1) is 5.10 Å². The molecule has 1 aromatic carbocycles. The number of nitrogens with one attached hydrogen (secondary N) is 1. The Balaban J connectivity index is 1.19. The molecule has 0 radical (unpaired) electrons. The molecule has 1 saturated heterocycles. The number of aromatic hydroxyl groups is 1. The third-order valence-electron chi connectivity index (χ3n) is 7.12. The number of nitrogens with zero attached hydrogens (tertiary/aromatic N) is 7. The van der Waals surface area contributed by atoms with Crippen LogP contribution in [0.3, 0.4) is 0 Å². The van der Waals surface area contributed by atoms with Crippen molar-refractivity contribution in [3.8, 4) is 11.7 Å². The van der Waals surface area contributed by atoms with Crippen molar-refractivity contribution in [2.45, 2.75) is 50.2 Å². The molecule has 0 unspecified atom stereocenters. The Bertz CT molecular complexity index is 1820. The molecule has 1 aliphatic carbocycles. The summed E-state index contributed by atoms with van der Waals surface area (Å²) in [5, 5.41) is 39.5. The quantitative estimate of drug-likeness (QED) is 0.175. The monoisotopic (exact) mass is 613 g/mol. The topological polar surface area (TPSA) is 243 Å². The first kappa shape index (κ1) is 28.6. The number of phenols is 1. The van der Waals surface area contributed by atoms with Crippen molar-refractivity contribution >= 4 is 38.8 Å². The summed E-state index contributed by atoms with van der Waals surface area (Å²) in [6.07, 6.45) is 3.40. The number of aliphatic hydroxyl groups excluding tert-OH is 2. The molecule has 2 aliphatic rings. The Kier molecular flexibility index (Phi) is 7.52. The lowest BCUT2D eigenvalue weighted by Crippen LogP contribution is -2.37. The van der Waals surface area contributed by atoms with Crippen LogP contribution >= 0.6 is 0 Å². The van der Waals surface area contributed by atoms with Crippen molar-refractivity contribution in [2.24, 2.45) is 0 Å². The zero-order chi connectivity index (χ0) is 30.3. The van der Waals surface area contributed by atoms with E-state index in [1.54, 1.807) is 10.9 Å². The number of carbonyl (C=O) groups is 1. The van der Waals surface area contributed by atoms with Crippen LogP contribution in [0.1, 0.15) is 48.0 Å². The van der Waals surface area contributed by atoms with E-state index in [1.165, 1.54) is 39.8 Å². The fourth-order valence-electron chi connectivity index (χ4n) is 4.91. The molecular formula is C25H27N9O8S. The average Bonchev–Trinajstić information content (AvgIpc) is 3.71. The maximum Gasteiger partial charge on any atom is 0.362 e. The Labute approximate surface area is 243 Å². The highest BCUT2D eigenvalue weighted by Gasteiger charge is 2.45. The lowest BCUT2D eigenvalue weighted by molar-refractivity contribution is -0.0468. The minimum absolute atomic E-state index is 0.0203. The summed E-state index contributed by atoms with van der Waals surface area (Å²) >= 11 is 0. The number of phenolic OH excluding ortho intramolecular Hbond substituents is 1. The molecule has 4 aromatic rings. The number of allylic oxidation sites excluding steroid dienone is 2. The van der Waals surface area contributed by atoms with Crippen LogP contribution in [0.15, 0.2) is 42.9 Å². The number of imidazole rings is 1. The standard InChI is InChI=1S/C25H27N9O8S/c26-21-18-22(29-25(28-21)34-10-15(30-32-34)13-6-2-1-3-7-13)33(12-27-18)24-20(37)19(36)17(42-24)11-41-43(39,40)31-23(38)14-8-4-5-9-16(14)35/h4-6,8-10,12,17,19-20,24,35-37H,1-3,7,11H2,(H,31,38)(H2,26,28,29)/t17-,19-,20-,24-/m0/s1. The molecule has 18 heteroatoms. The number of para-hydroxylation sites is 1. The summed E-state index contributed by atoms with van der Waals surface area (Å²) in [7, 11) is -4.69. The van der Waals surface area contributed by atoms with Gasteiger partial charge in [0.05, 0.1) is 24.7 Å². The van der Waals surface area contributed by atoms with E-state index in [0.29, 0.717) is 5.69 Å². The zero-order valence-electron chi connectivity index (χ0n) is 22.4. The van der Waals surface area contributed by atoms with Crippen LogP contribution in [0.25, 0.3) is 22.7 Å². The van der Waals surface area contributed by atoms with Gasteiger partial charge in [0.25, 0.3) is 11.9 Å². The maximum atomic E-state index is 12.4. The van der Waals surface area contributed by atoms with Crippen molar-refractivity contribution in [1.82, 2.24) is 39.2 Å². The Morgan fingerprint density at radius 2 is 2.00 bits per heavy atom. The van der Waals surface area contributed by atoms with Crippen molar-refractivity contribution < 1.29 is 37.5 Å². The van der Waals surface area contributed by atoms with Gasteiger partial charge in [-0.3, -0.25) is 13.5 Å². The van der Waals surface area contributed by atoms with E-state index in [9.17, 15) is 28.5 Å². The van der Waals surface area contributed by atoms with Crippen LogP contribution < -0.4 is 10.5 Å². The first-order valence-corrected chi connectivity index (χ1v) is 14.7. The van der Waals surface area contributed by atoms with Gasteiger partial charge in [0.15, 0.2) is 17.7 Å². The predicted octanol–water partition coefficient (Wildman–Crippen LogP) is -0.0372. The molecule has 6 N–H and O–H groups in total. The number of anilines is 1. The van der Waals surface area contributed by atoms with Gasteiger partial charge in [-0.2, -0.15) is 23.1 Å². The van der Waals surface area contributed by atoms with Gasteiger partial charge in [0.2, 0.25) is 0 Å². The summed E-state index contributed by atoms with van der Waals surface area (Å²) in [5.41, 5.74) is 7.98. The van der Waals surface area contributed by atoms with Crippen LogP contribution in [0.5, 0.6) is 5.75 Å². The summed E-state index contributed by atoms with van der Waals surface area (Å²) in [5.74, 6) is -1.45. The Morgan fingerprint density at radius 1 is 1.19 bits per heavy atom. The number of aromatic nitrogens is 7. The zero-order valence-corrected chi connectivity index (χ0v) is 23.2. The summed E-state index contributed by atoms with van der Waals surface area (Å²) in [6.45, 7) is -0.759. The molecule has 4 heterocycles. The maximum absolute atomic E-state index is 12.4. The van der Waals surface area contributed by atoms with E-state index in [-0.39, 0.29) is 28.5 Å². The lowest BCUT2D eigenvalue weighted by atomic mass is 9.98. The smallest absolute Gasteiger partial charge is 0.362 e. The van der Waals surface area contributed by atoms with Gasteiger partial charge >= 0.3 is 10.3 Å². The fourth-order valence-corrected chi connectivity index (χ4v) is 5.62. The minimum Gasteiger partial charge on any atom is -0.507 e. The number of amides is 1. The van der Waals surface area contributed by atoms with E-state index >= 15 is 0 Å². The second kappa shape index (κ2) is 11.3. The van der Waals surface area contributed by atoms with E-state index < -0.39 is 53.1 Å². The number of aliphatic hydroxyl groups is 2. The molecule has 1 aliphatic heterocycles. The number of benzene rings is 1. The predicted molar refractivity (Wildman–Crippen MR) is 147 cm³/mol. The average molecular weight is 614 g/mol. The molecule has 1 fully saturated rings. The van der Waals surface area contributed by atoms with Crippen molar-refractivity contribution in [1.29, 1.82) is 0 Å². The highest BCUT2D eigenvalue weighted by molar-refractivity contribution is 7.85. The molecule has 6 rings (SSSR count). The minimum atomic E-state index is -4.69. The van der Waals surface area contributed by atoms with E-state index in [2.05, 4.69) is 31.3 Å². The van der Waals surface area contributed by atoms with Gasteiger partial charge in [0, 0.05) is 0 Å². The molecule has 0 spiro atoms. The summed E-state index contributed by atoms with van der Waals surface area (Å²) in [6, 6.07) is 5.33. The number of hydrogen-bond donors (Lipinski definition) is 5. The molecule has 0 saturated carbocycles. The molecule has 1 amide bonds. The van der Waals surface area contributed by atoms with E-state index in [0.717, 1.165) is 31.3 Å². The van der Waals surface area contributed by atoms with Crippen molar-refractivity contribution in [2.75, 3.05) is 12.3 Å². The molecule has 0 bridgehead atoms. The number of nitrogens with two attached hydrogens (primary N) is 1. The van der Waals surface area contributed by atoms with Crippen LogP contribution in [0.4, 0.5) is 5.82 Å².